The molecule has 1 aliphatic rings. The Labute approximate surface area is 231 Å². The molecule has 0 amide bonds. The molecule has 1 saturated heterocycles. The van der Waals surface area contributed by atoms with E-state index in [1.807, 2.05) is 66.9 Å². The van der Waals surface area contributed by atoms with Crippen LogP contribution in [0.25, 0.3) is 0 Å². The predicted octanol–water partition coefficient (Wildman–Crippen LogP) is 7.41. The summed E-state index contributed by atoms with van der Waals surface area (Å²) in [6, 6.07) is 21.3. The molecule has 186 valence electrons. The van der Waals surface area contributed by atoms with Gasteiger partial charge in [-0.05, 0) is 62.3 Å². The standard InChI is InChI=1S/C26H23N5OS2.2ClH/c27-15-18-6-8-21(9-7-18)34-22-14-24(32-20-4-2-1-3-5-20)25(29-16-22)31-26-30-23(17-33-26)19-10-12-28-13-11-19;;/h1-9,14,16-17,19,28H,10-13H2,(H,29,30,31);2*1H. The molecule has 10 heteroatoms. The van der Waals surface area contributed by atoms with Crippen molar-refractivity contribution < 1.29 is 4.74 Å². The van der Waals surface area contributed by atoms with Crippen molar-refractivity contribution in [1.29, 1.82) is 5.26 Å². The molecule has 0 saturated carbocycles. The number of nitrogens with zero attached hydrogens (tertiary/aromatic N) is 3. The average Bonchev–Trinajstić information content (AvgIpc) is 3.36. The Morgan fingerprint density at radius 3 is 2.50 bits per heavy atom. The molecule has 2 aromatic heterocycles. The molecule has 6 nitrogen and oxygen atoms in total. The maximum absolute atomic E-state index is 9.02. The summed E-state index contributed by atoms with van der Waals surface area (Å²) in [5.74, 6) is 2.50. The molecular formula is C26H25Cl2N5OS2. The number of piperidine rings is 1. The minimum absolute atomic E-state index is 0. The van der Waals surface area contributed by atoms with Gasteiger partial charge in [-0.3, -0.25) is 0 Å². The molecule has 4 aromatic rings. The van der Waals surface area contributed by atoms with E-state index in [1.165, 1.54) is 0 Å². The number of halogens is 2. The first-order chi connectivity index (χ1) is 16.8. The third-order valence-corrected chi connectivity index (χ3v) is 7.27. The zero-order valence-corrected chi connectivity index (χ0v) is 22.5. The van der Waals surface area contributed by atoms with Crippen molar-refractivity contribution in [3.05, 3.63) is 83.5 Å². The number of para-hydroxylation sites is 1. The lowest BCUT2D eigenvalue weighted by Crippen LogP contribution is -2.26. The first-order valence-corrected chi connectivity index (χ1v) is 12.8. The number of hydrogen-bond acceptors (Lipinski definition) is 8. The van der Waals surface area contributed by atoms with Crippen molar-refractivity contribution in [2.75, 3.05) is 18.4 Å². The molecule has 0 bridgehead atoms. The smallest absolute Gasteiger partial charge is 0.188 e. The van der Waals surface area contributed by atoms with Gasteiger partial charge in [0.05, 0.1) is 17.3 Å². The molecule has 0 atom stereocenters. The van der Waals surface area contributed by atoms with Crippen LogP contribution < -0.4 is 15.4 Å². The second-order valence-corrected chi connectivity index (χ2v) is 9.90. The van der Waals surface area contributed by atoms with Gasteiger partial charge in [-0.1, -0.05) is 30.0 Å². The first kappa shape index (κ1) is 27.8. The zero-order valence-electron chi connectivity index (χ0n) is 19.2. The third-order valence-electron chi connectivity index (χ3n) is 5.52. The van der Waals surface area contributed by atoms with Crippen molar-refractivity contribution in [3.63, 3.8) is 0 Å². The number of thiazole rings is 1. The van der Waals surface area contributed by atoms with Crippen LogP contribution in [-0.2, 0) is 0 Å². The van der Waals surface area contributed by atoms with Crippen LogP contribution in [0.15, 0.2) is 82.0 Å². The van der Waals surface area contributed by atoms with Crippen LogP contribution in [0.3, 0.4) is 0 Å². The molecule has 1 fully saturated rings. The molecule has 0 radical (unpaired) electrons. The van der Waals surface area contributed by atoms with Gasteiger partial charge in [0, 0.05) is 33.4 Å². The monoisotopic (exact) mass is 557 g/mol. The molecule has 2 N–H and O–H groups in total. The topological polar surface area (TPSA) is 82.9 Å². The van der Waals surface area contributed by atoms with Crippen LogP contribution in [0.4, 0.5) is 10.9 Å². The molecule has 0 spiro atoms. The van der Waals surface area contributed by atoms with Crippen LogP contribution >= 0.6 is 47.9 Å². The van der Waals surface area contributed by atoms with E-state index in [0.717, 1.165) is 52.3 Å². The number of benzene rings is 2. The van der Waals surface area contributed by atoms with E-state index >= 15 is 0 Å². The zero-order chi connectivity index (χ0) is 23.2. The van der Waals surface area contributed by atoms with Gasteiger partial charge in [0.1, 0.15) is 5.75 Å². The summed E-state index contributed by atoms with van der Waals surface area (Å²) in [4.78, 5) is 11.5. The fraction of sp³-hybridized carbons (Fsp3) is 0.192. The molecule has 3 heterocycles. The molecular weight excluding hydrogens is 533 g/mol. The van der Waals surface area contributed by atoms with E-state index in [2.05, 4.69) is 27.1 Å². The van der Waals surface area contributed by atoms with Crippen molar-refractivity contribution >= 4 is 58.9 Å². The maximum atomic E-state index is 9.02. The summed E-state index contributed by atoms with van der Waals surface area (Å²) in [7, 11) is 0. The minimum Gasteiger partial charge on any atom is -0.453 e. The number of aromatic nitrogens is 2. The molecule has 5 rings (SSSR count). The Bertz CT molecular complexity index is 1290. The van der Waals surface area contributed by atoms with Gasteiger partial charge in [-0.25, -0.2) is 9.97 Å². The largest absolute Gasteiger partial charge is 0.453 e. The van der Waals surface area contributed by atoms with Crippen molar-refractivity contribution in [2.45, 2.75) is 28.6 Å². The minimum atomic E-state index is 0. The number of anilines is 2. The summed E-state index contributed by atoms with van der Waals surface area (Å²) in [6.07, 6.45) is 4.06. The van der Waals surface area contributed by atoms with Gasteiger partial charge in [0.2, 0.25) is 0 Å². The Kier molecular flexibility index (Phi) is 10.4. The van der Waals surface area contributed by atoms with Gasteiger partial charge in [-0.15, -0.1) is 36.2 Å². The van der Waals surface area contributed by atoms with E-state index < -0.39 is 0 Å². The highest BCUT2D eigenvalue weighted by Gasteiger charge is 2.19. The quantitative estimate of drug-likeness (QED) is 0.244. The van der Waals surface area contributed by atoms with E-state index in [4.69, 9.17) is 15.0 Å². The van der Waals surface area contributed by atoms with Crippen molar-refractivity contribution in [2.24, 2.45) is 0 Å². The van der Waals surface area contributed by atoms with Gasteiger partial charge in [-0.2, -0.15) is 5.26 Å². The number of nitrogens with one attached hydrogen (secondary N) is 2. The highest BCUT2D eigenvalue weighted by Crippen LogP contribution is 2.37. The molecule has 0 unspecified atom stereocenters. The maximum Gasteiger partial charge on any atom is 0.188 e. The first-order valence-electron chi connectivity index (χ1n) is 11.1. The summed E-state index contributed by atoms with van der Waals surface area (Å²) >= 11 is 3.16. The van der Waals surface area contributed by atoms with Crippen LogP contribution in [0.5, 0.6) is 11.5 Å². The van der Waals surface area contributed by atoms with Crippen LogP contribution in [-0.4, -0.2) is 23.1 Å². The number of hydrogen-bond donors (Lipinski definition) is 2. The third kappa shape index (κ3) is 7.12. The summed E-state index contributed by atoms with van der Waals surface area (Å²) in [5, 5.41) is 18.8. The fourth-order valence-corrected chi connectivity index (χ4v) is 5.36. The summed E-state index contributed by atoms with van der Waals surface area (Å²) in [6.45, 7) is 2.08. The molecule has 0 aliphatic carbocycles. The van der Waals surface area contributed by atoms with Gasteiger partial charge >= 0.3 is 0 Å². The van der Waals surface area contributed by atoms with E-state index in [9.17, 15) is 0 Å². The second-order valence-electron chi connectivity index (χ2n) is 7.90. The second kappa shape index (κ2) is 13.5. The van der Waals surface area contributed by atoms with Gasteiger partial charge in [0.25, 0.3) is 0 Å². The molecule has 1 aliphatic heterocycles. The predicted molar refractivity (Wildman–Crippen MR) is 151 cm³/mol. The SMILES string of the molecule is Cl.Cl.N#Cc1ccc(Sc2cnc(Nc3nc(C4CCNCC4)cs3)c(Oc3ccccc3)c2)cc1. The Morgan fingerprint density at radius 2 is 1.78 bits per heavy atom. The molecule has 2 aromatic carbocycles. The Balaban J connectivity index is 0.00000180. The van der Waals surface area contributed by atoms with Crippen LogP contribution in [0.1, 0.15) is 30.0 Å². The van der Waals surface area contributed by atoms with Gasteiger partial charge < -0.3 is 15.4 Å². The van der Waals surface area contributed by atoms with Gasteiger partial charge in [0.15, 0.2) is 16.7 Å². The summed E-state index contributed by atoms with van der Waals surface area (Å²) in [5.41, 5.74) is 1.79. The fourth-order valence-electron chi connectivity index (χ4n) is 3.75. The lowest BCUT2D eigenvalue weighted by atomic mass is 9.96. The number of ether oxygens (including phenoxy) is 1. The Morgan fingerprint density at radius 1 is 1.03 bits per heavy atom. The highest BCUT2D eigenvalue weighted by atomic mass is 35.5. The average molecular weight is 559 g/mol. The lowest BCUT2D eigenvalue weighted by Gasteiger charge is -2.20. The van der Waals surface area contributed by atoms with Crippen LogP contribution in [0, 0.1) is 11.3 Å². The van der Waals surface area contributed by atoms with E-state index in [1.54, 1.807) is 23.1 Å². The normalized spacial score (nSPS) is 13.1. The van der Waals surface area contributed by atoms with Crippen molar-refractivity contribution in [3.8, 4) is 17.6 Å². The highest BCUT2D eigenvalue weighted by molar-refractivity contribution is 7.99. The number of nitriles is 1. The van der Waals surface area contributed by atoms with E-state index in [-0.39, 0.29) is 24.8 Å². The number of pyridine rings is 1. The summed E-state index contributed by atoms with van der Waals surface area (Å²) < 4.78 is 6.21. The Hall–Kier alpha value is -2.80. The lowest BCUT2D eigenvalue weighted by molar-refractivity contribution is 0.455. The molecule has 36 heavy (non-hydrogen) atoms. The van der Waals surface area contributed by atoms with E-state index in [0.29, 0.717) is 23.0 Å². The number of rotatable bonds is 7. The van der Waals surface area contributed by atoms with Crippen LogP contribution in [0.2, 0.25) is 0 Å². The van der Waals surface area contributed by atoms with Crippen molar-refractivity contribution in [1.82, 2.24) is 15.3 Å².